The molecule has 16 heavy (non-hydrogen) atoms. The van der Waals surface area contributed by atoms with Gasteiger partial charge in [0.05, 0.1) is 12.2 Å². The van der Waals surface area contributed by atoms with Crippen LogP contribution in [0.4, 0.5) is 0 Å². The van der Waals surface area contributed by atoms with Crippen LogP contribution in [0, 0.1) is 0 Å². The van der Waals surface area contributed by atoms with Crippen molar-refractivity contribution in [2.45, 2.75) is 49.5 Å². The second kappa shape index (κ2) is 6.28. The minimum atomic E-state index is -0.412. The van der Waals surface area contributed by atoms with Crippen molar-refractivity contribution in [1.82, 2.24) is 0 Å². The maximum absolute atomic E-state index is 9.89. The summed E-state index contributed by atoms with van der Waals surface area (Å²) in [6.07, 6.45) is -0.0533. The second-order valence-corrected chi connectivity index (χ2v) is 5.44. The van der Waals surface area contributed by atoms with Crippen molar-refractivity contribution >= 4 is 11.8 Å². The molecule has 1 aromatic carbocycles. The average Bonchev–Trinajstić information content (AvgIpc) is 2.28. The molecule has 0 aliphatic carbocycles. The predicted octanol–water partition coefficient (Wildman–Crippen LogP) is 2.99. The maximum atomic E-state index is 9.89. The van der Waals surface area contributed by atoms with E-state index in [0.29, 0.717) is 6.42 Å². The summed E-state index contributed by atoms with van der Waals surface area (Å²) in [5.41, 5.74) is 0.961. The second-order valence-electron chi connectivity index (χ2n) is 4.03. The van der Waals surface area contributed by atoms with E-state index in [2.05, 4.69) is 0 Å². The lowest BCUT2D eigenvalue weighted by molar-refractivity contribution is 0.170. The molecule has 0 amide bonds. The molecule has 0 radical (unpaired) electrons. The lowest BCUT2D eigenvalue weighted by Gasteiger charge is -2.18. The fraction of sp³-hybridized carbons (Fsp3) is 0.538. The van der Waals surface area contributed by atoms with E-state index in [1.54, 1.807) is 18.7 Å². The van der Waals surface area contributed by atoms with Crippen LogP contribution in [0.15, 0.2) is 29.2 Å². The van der Waals surface area contributed by atoms with Gasteiger partial charge in [0.25, 0.3) is 0 Å². The van der Waals surface area contributed by atoms with E-state index in [-0.39, 0.29) is 11.4 Å². The van der Waals surface area contributed by atoms with Crippen LogP contribution in [0.2, 0.25) is 0 Å². The van der Waals surface area contributed by atoms with Gasteiger partial charge in [-0.2, -0.15) is 0 Å². The van der Waals surface area contributed by atoms with E-state index >= 15 is 0 Å². The molecule has 0 heterocycles. The number of hydrogen-bond donors (Lipinski definition) is 2. The van der Waals surface area contributed by atoms with E-state index in [1.807, 2.05) is 38.1 Å². The zero-order valence-corrected chi connectivity index (χ0v) is 10.9. The molecule has 0 aromatic heterocycles. The fourth-order valence-electron chi connectivity index (χ4n) is 1.38. The third kappa shape index (κ3) is 3.51. The maximum Gasteiger partial charge on any atom is 0.0798 e. The fourth-order valence-corrected chi connectivity index (χ4v) is 2.48. The van der Waals surface area contributed by atoms with E-state index in [1.165, 1.54) is 0 Å². The summed E-state index contributed by atoms with van der Waals surface area (Å²) >= 11 is 1.61. The van der Waals surface area contributed by atoms with Crippen LogP contribution < -0.4 is 0 Å². The van der Waals surface area contributed by atoms with Crippen LogP contribution in [0.1, 0.15) is 38.9 Å². The Labute approximate surface area is 102 Å². The molecule has 90 valence electrons. The van der Waals surface area contributed by atoms with Crippen LogP contribution in [0.3, 0.4) is 0 Å². The highest BCUT2D eigenvalue weighted by molar-refractivity contribution is 8.00. The summed E-state index contributed by atoms with van der Waals surface area (Å²) in [5.74, 6) is 0. The molecule has 0 spiro atoms. The zero-order valence-electron chi connectivity index (χ0n) is 10.1. The van der Waals surface area contributed by atoms with Crippen molar-refractivity contribution in [3.63, 3.8) is 0 Å². The van der Waals surface area contributed by atoms with E-state index < -0.39 is 6.10 Å². The van der Waals surface area contributed by atoms with E-state index in [9.17, 15) is 10.2 Å². The van der Waals surface area contributed by atoms with Gasteiger partial charge in [-0.1, -0.05) is 32.0 Å². The molecule has 3 atom stereocenters. The lowest BCUT2D eigenvalue weighted by Crippen LogP contribution is -2.15. The van der Waals surface area contributed by atoms with Gasteiger partial charge in [-0.15, -0.1) is 11.8 Å². The molecule has 3 unspecified atom stereocenters. The number of rotatable bonds is 5. The number of benzene rings is 1. The van der Waals surface area contributed by atoms with Gasteiger partial charge in [0.2, 0.25) is 0 Å². The standard InChI is InChI=1S/C13H20O2S/c1-4-12(15)11-7-5-6-8-13(11)16-10(3)9(2)14/h5-10,12,14-15H,4H2,1-3H3. The highest BCUT2D eigenvalue weighted by Gasteiger charge is 2.15. The average molecular weight is 240 g/mol. The molecule has 0 saturated heterocycles. The number of aliphatic hydroxyl groups excluding tert-OH is 2. The number of aliphatic hydroxyl groups is 2. The van der Waals surface area contributed by atoms with Crippen LogP contribution in [-0.4, -0.2) is 21.6 Å². The van der Waals surface area contributed by atoms with Crippen LogP contribution in [-0.2, 0) is 0 Å². The minimum Gasteiger partial charge on any atom is -0.392 e. The van der Waals surface area contributed by atoms with Crippen molar-refractivity contribution in [1.29, 1.82) is 0 Å². The lowest BCUT2D eigenvalue weighted by atomic mass is 10.1. The van der Waals surface area contributed by atoms with E-state index in [4.69, 9.17) is 0 Å². The monoisotopic (exact) mass is 240 g/mol. The summed E-state index contributed by atoms with van der Waals surface area (Å²) in [4.78, 5) is 1.06. The topological polar surface area (TPSA) is 40.5 Å². The first-order chi connectivity index (χ1) is 7.56. The summed E-state index contributed by atoms with van der Waals surface area (Å²) < 4.78 is 0. The molecule has 0 saturated carbocycles. The molecule has 3 heteroatoms. The Bertz CT molecular complexity index is 325. The minimum absolute atomic E-state index is 0.130. The van der Waals surface area contributed by atoms with Gasteiger partial charge in [0, 0.05) is 10.1 Å². The predicted molar refractivity (Wildman–Crippen MR) is 68.7 cm³/mol. The number of thioether (sulfide) groups is 1. The van der Waals surface area contributed by atoms with Gasteiger partial charge in [0.15, 0.2) is 0 Å². The van der Waals surface area contributed by atoms with Crippen LogP contribution in [0.5, 0.6) is 0 Å². The van der Waals surface area contributed by atoms with Crippen LogP contribution >= 0.6 is 11.8 Å². The molecule has 2 N–H and O–H groups in total. The molecule has 1 rings (SSSR count). The van der Waals surface area contributed by atoms with Gasteiger partial charge in [-0.05, 0) is 25.0 Å². The molecular formula is C13H20O2S. The Hall–Kier alpha value is -0.510. The summed E-state index contributed by atoms with van der Waals surface area (Å²) in [5, 5.41) is 19.5. The SMILES string of the molecule is CCC(O)c1ccccc1SC(C)C(C)O. The first-order valence-corrected chi connectivity index (χ1v) is 6.56. The summed E-state index contributed by atoms with van der Waals surface area (Å²) in [7, 11) is 0. The van der Waals surface area contributed by atoms with Gasteiger partial charge in [-0.3, -0.25) is 0 Å². The van der Waals surface area contributed by atoms with Crippen molar-refractivity contribution < 1.29 is 10.2 Å². The normalized spacial score (nSPS) is 16.8. The van der Waals surface area contributed by atoms with Crippen molar-refractivity contribution in [3.05, 3.63) is 29.8 Å². The zero-order chi connectivity index (χ0) is 12.1. The van der Waals surface area contributed by atoms with Crippen molar-refractivity contribution in [3.8, 4) is 0 Å². The van der Waals surface area contributed by atoms with Gasteiger partial charge < -0.3 is 10.2 Å². The van der Waals surface area contributed by atoms with Crippen molar-refractivity contribution in [2.24, 2.45) is 0 Å². The molecule has 0 aliphatic rings. The Kier molecular flexibility index (Phi) is 5.32. The molecule has 1 aromatic rings. The third-order valence-electron chi connectivity index (χ3n) is 2.66. The van der Waals surface area contributed by atoms with Gasteiger partial charge in [0.1, 0.15) is 0 Å². The largest absolute Gasteiger partial charge is 0.392 e. The molecular weight excluding hydrogens is 220 g/mol. The Morgan fingerprint density at radius 3 is 2.38 bits per heavy atom. The molecule has 2 nitrogen and oxygen atoms in total. The Balaban J connectivity index is 2.86. The van der Waals surface area contributed by atoms with Gasteiger partial charge >= 0.3 is 0 Å². The molecule has 0 bridgehead atoms. The highest BCUT2D eigenvalue weighted by atomic mass is 32.2. The molecule has 0 aliphatic heterocycles. The van der Waals surface area contributed by atoms with E-state index in [0.717, 1.165) is 10.5 Å². The quantitative estimate of drug-likeness (QED) is 0.777. The molecule has 0 fully saturated rings. The smallest absolute Gasteiger partial charge is 0.0798 e. The highest BCUT2D eigenvalue weighted by Crippen LogP contribution is 2.32. The third-order valence-corrected chi connectivity index (χ3v) is 4.05. The Morgan fingerprint density at radius 2 is 1.81 bits per heavy atom. The van der Waals surface area contributed by atoms with Crippen LogP contribution in [0.25, 0.3) is 0 Å². The Morgan fingerprint density at radius 1 is 1.19 bits per heavy atom. The number of hydrogen-bond acceptors (Lipinski definition) is 3. The summed E-state index contributed by atoms with van der Waals surface area (Å²) in [6, 6.07) is 7.84. The first-order valence-electron chi connectivity index (χ1n) is 5.68. The van der Waals surface area contributed by atoms with Crippen molar-refractivity contribution in [2.75, 3.05) is 0 Å². The van der Waals surface area contributed by atoms with Gasteiger partial charge in [-0.25, -0.2) is 0 Å². The summed E-state index contributed by atoms with van der Waals surface area (Å²) in [6.45, 7) is 5.74. The first kappa shape index (κ1) is 13.6.